The molecule has 3 N–H and O–H groups in total. The van der Waals surface area contributed by atoms with Gasteiger partial charge in [-0.25, -0.2) is 0 Å². The maximum absolute atomic E-state index is 10.5. The molecule has 0 radical (unpaired) electrons. The molecular formula is C19H23NO5. The normalized spacial score (nSPS) is 15.8. The molecule has 1 unspecified atom stereocenters. The summed E-state index contributed by atoms with van der Waals surface area (Å²) in [5.41, 5.74) is 3.56. The Labute approximate surface area is 147 Å². The van der Waals surface area contributed by atoms with Gasteiger partial charge >= 0.3 is 0 Å². The predicted molar refractivity (Wildman–Crippen MR) is 95.0 cm³/mol. The zero-order valence-corrected chi connectivity index (χ0v) is 14.8. The van der Waals surface area contributed by atoms with Gasteiger partial charge in [-0.05, 0) is 54.8 Å². The largest absolute Gasteiger partial charge is 0.504 e. The lowest BCUT2D eigenvalue weighted by atomic mass is 9.93. The van der Waals surface area contributed by atoms with E-state index >= 15 is 0 Å². The molecule has 6 heteroatoms. The number of rotatable bonds is 4. The molecule has 1 aliphatic rings. The van der Waals surface area contributed by atoms with Gasteiger partial charge in [0.15, 0.2) is 23.0 Å². The van der Waals surface area contributed by atoms with Gasteiger partial charge in [-0.15, -0.1) is 0 Å². The number of aryl methyl sites for hydroxylation is 1. The molecule has 0 spiro atoms. The maximum Gasteiger partial charge on any atom is 0.201 e. The van der Waals surface area contributed by atoms with Crippen LogP contribution in [0.3, 0.4) is 0 Å². The number of nitrogens with one attached hydrogen (secondary N) is 1. The summed E-state index contributed by atoms with van der Waals surface area (Å²) >= 11 is 0. The van der Waals surface area contributed by atoms with Gasteiger partial charge < -0.3 is 29.7 Å². The second-order valence-electron chi connectivity index (χ2n) is 5.99. The van der Waals surface area contributed by atoms with Crippen molar-refractivity contribution in [2.75, 3.05) is 28.4 Å². The van der Waals surface area contributed by atoms with Gasteiger partial charge in [0.25, 0.3) is 0 Å². The molecule has 0 saturated carbocycles. The standard InChI is InChI=1S/C19H23NO5/c1-20-13-6-5-10-7-16(24-3)18(22)19(25-4)17(10)12-8-14(21)15(23-2)9-11(12)13/h7-9,13,20-22H,5-6H2,1-4H3. The number of phenolic OH excluding ortho intramolecular Hbond substituents is 2. The molecule has 0 fully saturated rings. The van der Waals surface area contributed by atoms with Gasteiger partial charge in [0, 0.05) is 11.6 Å². The summed E-state index contributed by atoms with van der Waals surface area (Å²) < 4.78 is 16.1. The third kappa shape index (κ3) is 2.72. The Morgan fingerprint density at radius 3 is 2.32 bits per heavy atom. The minimum Gasteiger partial charge on any atom is -0.504 e. The van der Waals surface area contributed by atoms with Gasteiger partial charge in [0.05, 0.1) is 21.3 Å². The van der Waals surface area contributed by atoms with Crippen molar-refractivity contribution in [2.45, 2.75) is 18.9 Å². The van der Waals surface area contributed by atoms with E-state index in [4.69, 9.17) is 14.2 Å². The van der Waals surface area contributed by atoms with Crippen LogP contribution < -0.4 is 19.5 Å². The number of hydrogen-bond donors (Lipinski definition) is 3. The zero-order valence-electron chi connectivity index (χ0n) is 14.8. The summed E-state index contributed by atoms with van der Waals surface area (Å²) in [5.74, 6) is 1.13. The lowest BCUT2D eigenvalue weighted by Crippen LogP contribution is -2.16. The van der Waals surface area contributed by atoms with Gasteiger partial charge in [-0.1, -0.05) is 0 Å². The summed E-state index contributed by atoms with van der Waals surface area (Å²) in [6.45, 7) is 0. The summed E-state index contributed by atoms with van der Waals surface area (Å²) in [7, 11) is 6.45. The van der Waals surface area contributed by atoms with Crippen LogP contribution >= 0.6 is 0 Å². The molecule has 25 heavy (non-hydrogen) atoms. The third-order valence-corrected chi connectivity index (χ3v) is 4.77. The van der Waals surface area contributed by atoms with Crippen LogP contribution in [0.1, 0.15) is 23.6 Å². The van der Waals surface area contributed by atoms with Crippen molar-refractivity contribution in [1.29, 1.82) is 0 Å². The lowest BCUT2D eigenvalue weighted by molar-refractivity contribution is 0.340. The fraction of sp³-hybridized carbons (Fsp3) is 0.368. The molecular weight excluding hydrogens is 322 g/mol. The Hall–Kier alpha value is -2.60. The average Bonchev–Trinajstić information content (AvgIpc) is 2.77. The topological polar surface area (TPSA) is 80.2 Å². The van der Waals surface area contributed by atoms with Crippen LogP contribution in [-0.2, 0) is 6.42 Å². The molecule has 134 valence electrons. The number of phenols is 2. The molecule has 0 aromatic heterocycles. The molecule has 0 heterocycles. The Morgan fingerprint density at radius 2 is 1.72 bits per heavy atom. The first kappa shape index (κ1) is 17.2. The van der Waals surface area contributed by atoms with Crippen molar-refractivity contribution < 1.29 is 24.4 Å². The number of fused-ring (bicyclic) bond motifs is 3. The highest BCUT2D eigenvalue weighted by Crippen LogP contribution is 2.51. The van der Waals surface area contributed by atoms with Crippen molar-refractivity contribution in [3.8, 4) is 39.9 Å². The van der Waals surface area contributed by atoms with E-state index in [-0.39, 0.29) is 17.5 Å². The predicted octanol–water partition coefficient (Wildman–Crippen LogP) is 3.00. The molecule has 0 aliphatic heterocycles. The highest BCUT2D eigenvalue weighted by molar-refractivity contribution is 5.83. The van der Waals surface area contributed by atoms with Crippen molar-refractivity contribution >= 4 is 0 Å². The maximum atomic E-state index is 10.5. The van der Waals surface area contributed by atoms with E-state index in [1.807, 2.05) is 19.2 Å². The molecule has 0 bridgehead atoms. The van der Waals surface area contributed by atoms with E-state index in [1.54, 1.807) is 6.07 Å². The highest BCUT2D eigenvalue weighted by atomic mass is 16.5. The third-order valence-electron chi connectivity index (χ3n) is 4.77. The Bertz CT molecular complexity index is 803. The van der Waals surface area contributed by atoms with Crippen LogP contribution in [-0.4, -0.2) is 38.6 Å². The summed E-state index contributed by atoms with van der Waals surface area (Å²) in [6.07, 6.45) is 1.62. The monoisotopic (exact) mass is 345 g/mol. The number of hydrogen-bond acceptors (Lipinski definition) is 6. The first-order chi connectivity index (χ1) is 12.0. The molecule has 0 saturated heterocycles. The SMILES string of the molecule is CNC1CCc2cc(OC)c(O)c(OC)c2-c2cc(O)c(OC)cc21. The molecule has 1 atom stereocenters. The first-order valence-electron chi connectivity index (χ1n) is 8.11. The summed E-state index contributed by atoms with van der Waals surface area (Å²) in [5, 5.41) is 24.1. The van der Waals surface area contributed by atoms with Gasteiger partial charge in [-0.3, -0.25) is 0 Å². The van der Waals surface area contributed by atoms with Crippen LogP contribution in [0, 0.1) is 0 Å². The van der Waals surface area contributed by atoms with Crippen molar-refractivity contribution in [3.05, 3.63) is 29.3 Å². The van der Waals surface area contributed by atoms with Gasteiger partial charge in [0.1, 0.15) is 0 Å². The van der Waals surface area contributed by atoms with E-state index in [0.29, 0.717) is 17.2 Å². The highest BCUT2D eigenvalue weighted by Gasteiger charge is 2.29. The number of methoxy groups -OCH3 is 3. The van der Waals surface area contributed by atoms with E-state index in [1.165, 1.54) is 21.3 Å². The zero-order chi connectivity index (χ0) is 18.1. The molecule has 6 nitrogen and oxygen atoms in total. The van der Waals surface area contributed by atoms with Crippen LogP contribution in [0.15, 0.2) is 18.2 Å². The number of aromatic hydroxyl groups is 2. The Kier molecular flexibility index (Phi) is 4.63. The van der Waals surface area contributed by atoms with Crippen molar-refractivity contribution in [1.82, 2.24) is 5.32 Å². The van der Waals surface area contributed by atoms with Crippen LogP contribution in [0.5, 0.6) is 28.7 Å². The molecule has 2 aromatic rings. The molecule has 3 rings (SSSR count). The Morgan fingerprint density at radius 1 is 1.00 bits per heavy atom. The quantitative estimate of drug-likeness (QED) is 0.790. The fourth-order valence-corrected chi connectivity index (χ4v) is 3.53. The number of ether oxygens (including phenoxy) is 3. The van der Waals surface area contributed by atoms with Crippen molar-refractivity contribution in [3.63, 3.8) is 0 Å². The fourth-order valence-electron chi connectivity index (χ4n) is 3.53. The molecule has 2 aromatic carbocycles. The average molecular weight is 345 g/mol. The van der Waals surface area contributed by atoms with Gasteiger partial charge in [-0.2, -0.15) is 0 Å². The lowest BCUT2D eigenvalue weighted by Gasteiger charge is -2.20. The minimum absolute atomic E-state index is 0.0429. The van der Waals surface area contributed by atoms with E-state index in [9.17, 15) is 10.2 Å². The Balaban J connectivity index is 2.37. The smallest absolute Gasteiger partial charge is 0.201 e. The molecule has 0 amide bonds. The summed E-state index contributed by atoms with van der Waals surface area (Å²) in [4.78, 5) is 0. The van der Waals surface area contributed by atoms with Crippen LogP contribution in [0.4, 0.5) is 0 Å². The van der Waals surface area contributed by atoms with E-state index in [2.05, 4.69) is 5.32 Å². The van der Waals surface area contributed by atoms with Gasteiger partial charge in [0.2, 0.25) is 5.75 Å². The second-order valence-corrected chi connectivity index (χ2v) is 5.99. The minimum atomic E-state index is -0.0482. The van der Waals surface area contributed by atoms with E-state index in [0.717, 1.165) is 35.1 Å². The first-order valence-corrected chi connectivity index (χ1v) is 8.11. The van der Waals surface area contributed by atoms with Crippen molar-refractivity contribution in [2.24, 2.45) is 0 Å². The molecule has 1 aliphatic carbocycles. The number of benzene rings is 2. The second kappa shape index (κ2) is 6.72. The van der Waals surface area contributed by atoms with Crippen LogP contribution in [0.2, 0.25) is 0 Å². The summed E-state index contributed by atoms with van der Waals surface area (Å²) in [6, 6.07) is 5.41. The van der Waals surface area contributed by atoms with E-state index < -0.39 is 0 Å². The van der Waals surface area contributed by atoms with Crippen LogP contribution in [0.25, 0.3) is 11.1 Å².